The van der Waals surface area contributed by atoms with Crippen molar-refractivity contribution in [1.82, 2.24) is 10.2 Å². The summed E-state index contributed by atoms with van der Waals surface area (Å²) >= 11 is 18.9. The predicted octanol–water partition coefficient (Wildman–Crippen LogP) is 5.53. The lowest BCUT2D eigenvalue weighted by Gasteiger charge is -2.32. The first-order chi connectivity index (χ1) is 17.8. The van der Waals surface area contributed by atoms with E-state index in [0.717, 1.165) is 6.26 Å². The fourth-order valence-electron chi connectivity index (χ4n) is 3.97. The standard InChI is InChI=1S/C26H34Cl3N3O5S/c1-6-23(26(34)30-17(2)3)31(16-19-20(27)9-7-10-21(19)28)25(33)11-8-14-32(38(5,35)36)18-12-13-24(37-4)22(29)15-18/h7,9-10,12-13,15,17,23H,6,8,11,14,16H2,1-5H3,(H,30,34)/t23-/m0/s1. The van der Waals surface area contributed by atoms with Gasteiger partial charge in [-0.15, -0.1) is 0 Å². The van der Waals surface area contributed by atoms with Gasteiger partial charge in [-0.2, -0.15) is 0 Å². The topological polar surface area (TPSA) is 96.0 Å². The molecular weight excluding hydrogens is 573 g/mol. The fraction of sp³-hybridized carbons (Fsp3) is 0.462. The Kier molecular flexibility index (Phi) is 12.0. The van der Waals surface area contributed by atoms with Crippen molar-refractivity contribution in [3.63, 3.8) is 0 Å². The van der Waals surface area contributed by atoms with E-state index in [4.69, 9.17) is 39.5 Å². The van der Waals surface area contributed by atoms with Crippen LogP contribution in [0.1, 0.15) is 45.6 Å². The van der Waals surface area contributed by atoms with Crippen LogP contribution in [0.5, 0.6) is 5.75 Å². The van der Waals surface area contributed by atoms with Crippen LogP contribution in [0.25, 0.3) is 0 Å². The molecule has 2 aromatic rings. The maximum atomic E-state index is 13.5. The smallest absolute Gasteiger partial charge is 0.243 e. The normalized spacial score (nSPS) is 12.2. The fourth-order valence-corrected chi connectivity index (χ4v) is 5.69. The molecule has 0 radical (unpaired) electrons. The van der Waals surface area contributed by atoms with Gasteiger partial charge in [-0.25, -0.2) is 8.42 Å². The van der Waals surface area contributed by atoms with E-state index >= 15 is 0 Å². The van der Waals surface area contributed by atoms with E-state index in [1.54, 1.807) is 30.3 Å². The minimum absolute atomic E-state index is 0.0105. The molecule has 0 aliphatic heterocycles. The van der Waals surface area contributed by atoms with Gasteiger partial charge in [0.1, 0.15) is 11.8 Å². The van der Waals surface area contributed by atoms with Crippen molar-refractivity contribution >= 4 is 62.3 Å². The Morgan fingerprint density at radius 1 is 1.05 bits per heavy atom. The molecule has 0 heterocycles. The monoisotopic (exact) mass is 605 g/mol. The third-order valence-corrected chi connectivity index (χ3v) is 7.98. The molecule has 12 heteroatoms. The molecule has 0 aliphatic carbocycles. The van der Waals surface area contributed by atoms with Crippen molar-refractivity contribution in [1.29, 1.82) is 0 Å². The Hall–Kier alpha value is -2.20. The molecule has 0 bridgehead atoms. The summed E-state index contributed by atoms with van der Waals surface area (Å²) in [6.07, 6.45) is 1.64. The van der Waals surface area contributed by atoms with Gasteiger partial charge in [-0.3, -0.25) is 13.9 Å². The van der Waals surface area contributed by atoms with Crippen LogP contribution in [-0.4, -0.2) is 57.1 Å². The Bertz CT molecular complexity index is 1220. The Morgan fingerprint density at radius 3 is 2.18 bits per heavy atom. The van der Waals surface area contributed by atoms with Gasteiger partial charge in [0.05, 0.1) is 24.1 Å². The molecule has 0 aromatic heterocycles. The number of benzene rings is 2. The second-order valence-electron chi connectivity index (χ2n) is 9.07. The Labute approximate surface area is 240 Å². The Balaban J connectivity index is 2.29. The van der Waals surface area contributed by atoms with Crippen LogP contribution in [0.2, 0.25) is 15.1 Å². The van der Waals surface area contributed by atoms with Gasteiger partial charge in [0.15, 0.2) is 0 Å². The number of hydrogen-bond acceptors (Lipinski definition) is 5. The van der Waals surface area contributed by atoms with Crippen molar-refractivity contribution in [2.45, 2.75) is 58.7 Å². The largest absolute Gasteiger partial charge is 0.495 e. The maximum absolute atomic E-state index is 13.5. The highest BCUT2D eigenvalue weighted by molar-refractivity contribution is 7.92. The molecule has 0 saturated heterocycles. The summed E-state index contributed by atoms with van der Waals surface area (Å²) in [5, 5.41) is 3.90. The van der Waals surface area contributed by atoms with E-state index in [0.29, 0.717) is 33.5 Å². The zero-order valence-electron chi connectivity index (χ0n) is 22.1. The van der Waals surface area contributed by atoms with Gasteiger partial charge in [0.2, 0.25) is 21.8 Å². The zero-order valence-corrected chi connectivity index (χ0v) is 25.2. The van der Waals surface area contributed by atoms with Crippen molar-refractivity contribution in [3.05, 3.63) is 57.0 Å². The molecule has 2 rings (SSSR count). The van der Waals surface area contributed by atoms with Crippen molar-refractivity contribution in [2.24, 2.45) is 0 Å². The van der Waals surface area contributed by atoms with Gasteiger partial charge in [0.25, 0.3) is 0 Å². The number of sulfonamides is 1. The molecule has 8 nitrogen and oxygen atoms in total. The lowest BCUT2D eigenvalue weighted by Crippen LogP contribution is -2.50. The molecule has 0 aliphatic rings. The van der Waals surface area contributed by atoms with E-state index in [9.17, 15) is 18.0 Å². The van der Waals surface area contributed by atoms with Crippen LogP contribution in [-0.2, 0) is 26.2 Å². The number of amides is 2. The highest BCUT2D eigenvalue weighted by Crippen LogP contribution is 2.31. The number of nitrogens with one attached hydrogen (secondary N) is 1. The highest BCUT2D eigenvalue weighted by Gasteiger charge is 2.30. The molecule has 0 unspecified atom stereocenters. The van der Waals surface area contributed by atoms with Crippen molar-refractivity contribution in [2.75, 3.05) is 24.2 Å². The lowest BCUT2D eigenvalue weighted by molar-refractivity contribution is -0.141. The van der Waals surface area contributed by atoms with Crippen LogP contribution in [0.3, 0.4) is 0 Å². The number of carbonyl (C=O) groups is 2. The molecule has 210 valence electrons. The average molecular weight is 607 g/mol. The van der Waals surface area contributed by atoms with E-state index in [2.05, 4.69) is 5.32 Å². The summed E-state index contributed by atoms with van der Waals surface area (Å²) in [7, 11) is -2.20. The first kappa shape index (κ1) is 32.0. The quantitative estimate of drug-likeness (QED) is 0.323. The average Bonchev–Trinajstić information content (AvgIpc) is 2.82. The van der Waals surface area contributed by atoms with Crippen LogP contribution in [0.15, 0.2) is 36.4 Å². The highest BCUT2D eigenvalue weighted by atomic mass is 35.5. The van der Waals surface area contributed by atoms with E-state index in [1.807, 2.05) is 20.8 Å². The van der Waals surface area contributed by atoms with Crippen LogP contribution in [0.4, 0.5) is 5.69 Å². The molecule has 0 spiro atoms. The molecule has 1 atom stereocenters. The molecular formula is C26H34Cl3N3O5S. The van der Waals surface area contributed by atoms with Crippen LogP contribution in [0, 0.1) is 0 Å². The van der Waals surface area contributed by atoms with E-state index in [1.165, 1.54) is 22.4 Å². The summed E-state index contributed by atoms with van der Waals surface area (Å²) in [6, 6.07) is 8.83. The summed E-state index contributed by atoms with van der Waals surface area (Å²) < 4.78 is 31.4. The van der Waals surface area contributed by atoms with Gasteiger partial charge in [-0.1, -0.05) is 47.8 Å². The Morgan fingerprint density at radius 2 is 1.68 bits per heavy atom. The maximum Gasteiger partial charge on any atom is 0.243 e. The minimum Gasteiger partial charge on any atom is -0.495 e. The minimum atomic E-state index is -3.67. The number of carbonyl (C=O) groups excluding carboxylic acids is 2. The number of halogens is 3. The number of methoxy groups -OCH3 is 1. The van der Waals surface area contributed by atoms with Gasteiger partial charge >= 0.3 is 0 Å². The second-order valence-corrected chi connectivity index (χ2v) is 12.2. The predicted molar refractivity (Wildman–Crippen MR) is 154 cm³/mol. The van der Waals surface area contributed by atoms with Gasteiger partial charge < -0.3 is 15.0 Å². The van der Waals surface area contributed by atoms with Gasteiger partial charge in [0, 0.05) is 41.2 Å². The molecule has 0 fully saturated rings. The summed E-state index contributed by atoms with van der Waals surface area (Å²) in [5.41, 5.74) is 0.888. The first-order valence-electron chi connectivity index (χ1n) is 12.1. The molecule has 0 saturated carbocycles. The van der Waals surface area contributed by atoms with Crippen molar-refractivity contribution < 1.29 is 22.7 Å². The van der Waals surface area contributed by atoms with Gasteiger partial charge in [-0.05, 0) is 57.0 Å². The lowest BCUT2D eigenvalue weighted by atomic mass is 10.1. The number of nitrogens with zero attached hydrogens (tertiary/aromatic N) is 2. The molecule has 38 heavy (non-hydrogen) atoms. The van der Waals surface area contributed by atoms with Crippen LogP contribution >= 0.6 is 34.8 Å². The summed E-state index contributed by atoms with van der Waals surface area (Å²) in [4.78, 5) is 28.0. The molecule has 2 amide bonds. The number of rotatable bonds is 13. The number of ether oxygens (including phenoxy) is 1. The third kappa shape index (κ3) is 8.66. The summed E-state index contributed by atoms with van der Waals surface area (Å²) in [5.74, 6) is -0.198. The van der Waals surface area contributed by atoms with E-state index in [-0.39, 0.29) is 48.8 Å². The van der Waals surface area contributed by atoms with Crippen LogP contribution < -0.4 is 14.4 Å². The zero-order chi connectivity index (χ0) is 28.6. The third-order valence-electron chi connectivity index (χ3n) is 5.78. The second kappa shape index (κ2) is 14.3. The molecule has 2 aromatic carbocycles. The SMILES string of the molecule is CC[C@@H](C(=O)NC(C)C)N(Cc1c(Cl)cccc1Cl)C(=O)CCCN(c1ccc(OC)c(Cl)c1)S(C)(=O)=O. The summed E-state index contributed by atoms with van der Waals surface area (Å²) in [6.45, 7) is 5.56. The van der Waals surface area contributed by atoms with Crippen molar-refractivity contribution in [3.8, 4) is 5.75 Å². The van der Waals surface area contributed by atoms with E-state index < -0.39 is 16.1 Å². The molecule has 1 N–H and O–H groups in total. The first-order valence-corrected chi connectivity index (χ1v) is 15.1. The number of anilines is 1. The number of hydrogen-bond donors (Lipinski definition) is 1.